The van der Waals surface area contributed by atoms with Crippen LogP contribution >= 0.6 is 0 Å². The van der Waals surface area contributed by atoms with Crippen LogP contribution in [0.3, 0.4) is 0 Å². The molecular formula is C26H28N4O3S. The number of carbonyl (C=O) groups is 1. The van der Waals surface area contributed by atoms with Crippen molar-refractivity contribution in [1.82, 2.24) is 14.5 Å². The smallest absolute Gasteiger partial charge is 0.262 e. The molecule has 1 aromatic heterocycles. The van der Waals surface area contributed by atoms with Crippen molar-refractivity contribution in [2.75, 3.05) is 11.8 Å². The number of hydrogen-bond acceptors (Lipinski definition) is 4. The van der Waals surface area contributed by atoms with Crippen LogP contribution in [-0.2, 0) is 23.1 Å². The molecule has 34 heavy (non-hydrogen) atoms. The minimum atomic E-state index is -3.87. The first kappa shape index (κ1) is 23.5. The lowest BCUT2D eigenvalue weighted by molar-refractivity contribution is 0.0781. The lowest BCUT2D eigenvalue weighted by Gasteiger charge is -2.20. The SMILES string of the molecule is CCn1c(CN(C)C(=O)c2ccccc2NS(=O)(=O)c2cc(C)ccc2C)nc2ccccc21. The quantitative estimate of drug-likeness (QED) is 0.417. The van der Waals surface area contributed by atoms with Crippen LogP contribution < -0.4 is 4.72 Å². The summed E-state index contributed by atoms with van der Waals surface area (Å²) in [5.74, 6) is 0.474. The Morgan fingerprint density at radius 1 is 1.03 bits per heavy atom. The third-order valence-corrected chi connectivity index (χ3v) is 7.32. The summed E-state index contributed by atoms with van der Waals surface area (Å²) in [4.78, 5) is 19.8. The second kappa shape index (κ2) is 9.30. The van der Waals surface area contributed by atoms with E-state index in [1.807, 2.05) is 44.2 Å². The van der Waals surface area contributed by atoms with Gasteiger partial charge in [-0.3, -0.25) is 9.52 Å². The Labute approximate surface area is 200 Å². The van der Waals surface area contributed by atoms with Gasteiger partial charge in [-0.1, -0.05) is 36.4 Å². The van der Waals surface area contributed by atoms with Crippen molar-refractivity contribution in [1.29, 1.82) is 0 Å². The number of para-hydroxylation sites is 3. The minimum absolute atomic E-state index is 0.194. The molecule has 0 aliphatic carbocycles. The van der Waals surface area contributed by atoms with Gasteiger partial charge in [0.05, 0.1) is 33.7 Å². The summed E-state index contributed by atoms with van der Waals surface area (Å²) < 4.78 is 31.0. The van der Waals surface area contributed by atoms with Crippen LogP contribution in [0.4, 0.5) is 5.69 Å². The first-order chi connectivity index (χ1) is 16.2. The third-order valence-electron chi connectivity index (χ3n) is 5.81. The van der Waals surface area contributed by atoms with Crippen molar-refractivity contribution in [2.24, 2.45) is 0 Å². The fourth-order valence-electron chi connectivity index (χ4n) is 4.04. The number of nitrogens with one attached hydrogen (secondary N) is 1. The predicted molar refractivity (Wildman–Crippen MR) is 134 cm³/mol. The molecule has 8 heteroatoms. The Morgan fingerprint density at radius 3 is 2.50 bits per heavy atom. The molecule has 1 N–H and O–H groups in total. The highest BCUT2D eigenvalue weighted by atomic mass is 32.2. The van der Waals surface area contributed by atoms with Gasteiger partial charge in [-0.25, -0.2) is 13.4 Å². The maximum atomic E-state index is 13.4. The normalized spacial score (nSPS) is 11.5. The number of aromatic nitrogens is 2. The van der Waals surface area contributed by atoms with Crippen molar-refractivity contribution in [3.63, 3.8) is 0 Å². The maximum Gasteiger partial charge on any atom is 0.262 e. The zero-order valence-corrected chi connectivity index (χ0v) is 20.6. The number of hydrogen-bond donors (Lipinski definition) is 1. The van der Waals surface area contributed by atoms with E-state index in [2.05, 4.69) is 9.29 Å². The molecule has 0 bridgehead atoms. The van der Waals surface area contributed by atoms with E-state index in [0.29, 0.717) is 12.1 Å². The number of rotatable bonds is 7. The highest BCUT2D eigenvalue weighted by Crippen LogP contribution is 2.25. The van der Waals surface area contributed by atoms with Gasteiger partial charge in [-0.05, 0) is 62.2 Å². The number of nitrogens with zero attached hydrogens (tertiary/aromatic N) is 3. The zero-order valence-electron chi connectivity index (χ0n) is 19.7. The van der Waals surface area contributed by atoms with Gasteiger partial charge in [0.1, 0.15) is 5.82 Å². The lowest BCUT2D eigenvalue weighted by Crippen LogP contribution is -2.29. The summed E-state index contributed by atoms with van der Waals surface area (Å²) in [6, 6.07) is 19.8. The van der Waals surface area contributed by atoms with E-state index in [9.17, 15) is 13.2 Å². The molecule has 0 fully saturated rings. The third kappa shape index (κ3) is 4.54. The van der Waals surface area contributed by atoms with Gasteiger partial charge >= 0.3 is 0 Å². The predicted octanol–water partition coefficient (Wildman–Crippen LogP) is 4.75. The molecule has 0 radical (unpaired) electrons. The van der Waals surface area contributed by atoms with Gasteiger partial charge < -0.3 is 9.47 Å². The summed E-state index contributed by atoms with van der Waals surface area (Å²) in [6.07, 6.45) is 0. The van der Waals surface area contributed by atoms with E-state index in [4.69, 9.17) is 4.98 Å². The van der Waals surface area contributed by atoms with E-state index in [-0.39, 0.29) is 22.1 Å². The Morgan fingerprint density at radius 2 is 1.74 bits per heavy atom. The fourth-order valence-corrected chi connectivity index (χ4v) is 5.45. The molecular weight excluding hydrogens is 448 g/mol. The number of benzene rings is 3. The van der Waals surface area contributed by atoms with Crippen LogP contribution in [0.25, 0.3) is 11.0 Å². The molecule has 7 nitrogen and oxygen atoms in total. The molecule has 4 aromatic rings. The summed E-state index contributed by atoms with van der Waals surface area (Å²) in [7, 11) is -2.18. The number of imidazole rings is 1. The molecule has 1 heterocycles. The molecule has 0 saturated carbocycles. The van der Waals surface area contributed by atoms with Crippen molar-refractivity contribution in [2.45, 2.75) is 38.8 Å². The Bertz CT molecular complexity index is 1470. The van der Waals surface area contributed by atoms with Gasteiger partial charge in [0.2, 0.25) is 0 Å². The minimum Gasteiger partial charge on any atom is -0.334 e. The van der Waals surface area contributed by atoms with Crippen molar-refractivity contribution >= 4 is 32.7 Å². The average molecular weight is 477 g/mol. The van der Waals surface area contributed by atoms with Gasteiger partial charge in [0, 0.05) is 13.6 Å². The lowest BCUT2D eigenvalue weighted by atomic mass is 10.1. The molecule has 1 amide bonds. The second-order valence-electron chi connectivity index (χ2n) is 8.34. The number of aryl methyl sites for hydroxylation is 3. The second-order valence-corrected chi connectivity index (χ2v) is 9.99. The monoisotopic (exact) mass is 476 g/mol. The Hall–Kier alpha value is -3.65. The van der Waals surface area contributed by atoms with Crippen LogP contribution in [0.2, 0.25) is 0 Å². The topological polar surface area (TPSA) is 84.3 Å². The summed E-state index contributed by atoms with van der Waals surface area (Å²) in [5, 5.41) is 0. The Kier molecular flexibility index (Phi) is 6.43. The molecule has 0 aliphatic heterocycles. The zero-order chi connectivity index (χ0) is 24.5. The van der Waals surface area contributed by atoms with Crippen molar-refractivity contribution in [3.8, 4) is 0 Å². The standard InChI is InChI=1S/C26H28N4O3S/c1-5-30-23-13-9-8-12-22(23)27-25(30)17-29(4)26(31)20-10-6-7-11-21(20)28-34(32,33)24-16-18(2)14-15-19(24)3/h6-16,28H,5,17H2,1-4H3. The fraction of sp³-hybridized carbons (Fsp3) is 0.231. The molecule has 4 rings (SSSR count). The maximum absolute atomic E-state index is 13.4. The average Bonchev–Trinajstić information content (AvgIpc) is 3.17. The van der Waals surface area contributed by atoms with Crippen molar-refractivity contribution < 1.29 is 13.2 Å². The summed E-state index contributed by atoms with van der Waals surface area (Å²) >= 11 is 0. The molecule has 0 aliphatic rings. The van der Waals surface area contributed by atoms with Gasteiger partial charge in [0.25, 0.3) is 15.9 Å². The highest BCUT2D eigenvalue weighted by Gasteiger charge is 2.23. The summed E-state index contributed by atoms with van der Waals surface area (Å²) in [5.41, 5.74) is 3.89. The van der Waals surface area contributed by atoms with Gasteiger partial charge in [-0.15, -0.1) is 0 Å². The van der Waals surface area contributed by atoms with Crippen LogP contribution in [0.5, 0.6) is 0 Å². The number of carbonyl (C=O) groups excluding carboxylic acids is 1. The first-order valence-corrected chi connectivity index (χ1v) is 12.6. The molecule has 0 unspecified atom stereocenters. The number of amides is 1. The van der Waals surface area contributed by atoms with Crippen molar-refractivity contribution in [3.05, 3.63) is 89.2 Å². The van der Waals surface area contributed by atoms with E-state index in [0.717, 1.165) is 29.0 Å². The van der Waals surface area contributed by atoms with E-state index in [1.165, 1.54) is 0 Å². The Balaban J connectivity index is 1.62. The first-order valence-electron chi connectivity index (χ1n) is 11.1. The molecule has 0 atom stereocenters. The van der Waals surface area contributed by atoms with Crippen LogP contribution in [0, 0.1) is 13.8 Å². The largest absolute Gasteiger partial charge is 0.334 e. The highest BCUT2D eigenvalue weighted by molar-refractivity contribution is 7.92. The van der Waals surface area contributed by atoms with Gasteiger partial charge in [-0.2, -0.15) is 0 Å². The van der Waals surface area contributed by atoms with Crippen LogP contribution in [-0.4, -0.2) is 35.8 Å². The van der Waals surface area contributed by atoms with Gasteiger partial charge in [0.15, 0.2) is 0 Å². The van der Waals surface area contributed by atoms with Crippen LogP contribution in [0.15, 0.2) is 71.6 Å². The molecule has 176 valence electrons. The summed E-state index contributed by atoms with van der Waals surface area (Å²) in [6.45, 7) is 6.65. The molecule has 0 spiro atoms. The number of sulfonamides is 1. The van der Waals surface area contributed by atoms with Crippen LogP contribution in [0.1, 0.15) is 34.2 Å². The van der Waals surface area contributed by atoms with E-state index in [1.54, 1.807) is 55.3 Å². The van der Waals surface area contributed by atoms with E-state index >= 15 is 0 Å². The molecule has 3 aromatic carbocycles. The number of anilines is 1. The molecule has 0 saturated heterocycles. The number of fused-ring (bicyclic) bond motifs is 1. The van der Waals surface area contributed by atoms with E-state index < -0.39 is 10.0 Å².